The normalized spacial score (nSPS) is 66.0. The largest absolute Gasteiger partial charge is 0.260 e. The second kappa shape index (κ2) is 2.61. The molecule has 0 amide bonds. The molecule has 0 radical (unpaired) electrons. The molecule has 1 rings (SSSR count). The Kier molecular flexibility index (Phi) is 2.54. The number of alkyl halides is 8. The molecule has 0 atom stereocenters. The Morgan fingerprint density at radius 1 is 0.500 bits per heavy atom. The van der Waals surface area contributed by atoms with E-state index in [0.29, 0.717) is 0 Å². The molecule has 1 aliphatic carbocycles. The third kappa shape index (κ3) is 0.930. The lowest BCUT2D eigenvalue weighted by Crippen LogP contribution is -2.79. The summed E-state index contributed by atoms with van der Waals surface area (Å²) in [6.07, 6.45) is 0. The maximum absolute atomic E-state index is 13.1. The minimum atomic E-state index is -3.16. The van der Waals surface area contributed by atoms with E-state index in [1.807, 2.05) is 0 Å². The summed E-state index contributed by atoms with van der Waals surface area (Å²) in [4.78, 5) is 0. The molecule has 1 aliphatic rings. The minimum Gasteiger partial charge on any atom is -0.222 e. The Balaban J connectivity index is 3.16. The summed E-state index contributed by atoms with van der Waals surface area (Å²) in [7, 11) is 0. The molecular weight excluding hydrogens is 444 g/mol. The van der Waals surface area contributed by atoms with E-state index >= 15 is 0 Å². The van der Waals surface area contributed by atoms with Crippen molar-refractivity contribution in [1.82, 2.24) is 0 Å². The first-order valence-corrected chi connectivity index (χ1v) is 5.68. The molecule has 0 N–H and O–H groups in total. The zero-order valence-corrected chi connectivity index (χ0v) is 11.4. The second-order valence-electron chi connectivity index (χ2n) is 2.30. The lowest BCUT2D eigenvalue weighted by molar-refractivity contribution is -0.163. The molecule has 0 nitrogen and oxygen atoms in total. The molecule has 1 saturated carbocycles. The topological polar surface area (TPSA) is 0 Å². The first-order chi connectivity index (χ1) is 5.00. The van der Waals surface area contributed by atoms with E-state index in [9.17, 15) is 17.6 Å². The number of hydrogen-bond acceptors (Lipinski definition) is 0. The van der Waals surface area contributed by atoms with Crippen LogP contribution in [0.1, 0.15) is 0 Å². The van der Waals surface area contributed by atoms with Crippen molar-refractivity contribution in [3.63, 3.8) is 0 Å². The van der Waals surface area contributed by atoms with E-state index in [1.165, 1.54) is 0 Å². The Morgan fingerprint density at radius 2 is 0.583 bits per heavy atom. The number of halogens is 8. The van der Waals surface area contributed by atoms with Crippen LogP contribution in [0.4, 0.5) is 17.6 Å². The smallest absolute Gasteiger partial charge is 0.222 e. The van der Waals surface area contributed by atoms with Gasteiger partial charge in [-0.05, 0) is 63.7 Å². The summed E-state index contributed by atoms with van der Waals surface area (Å²) in [5, 5.41) is 0. The van der Waals surface area contributed by atoms with Gasteiger partial charge in [0.15, 0.2) is 0 Å². The van der Waals surface area contributed by atoms with Gasteiger partial charge in [0.05, 0.1) is 0 Å². The van der Waals surface area contributed by atoms with Gasteiger partial charge in [-0.25, -0.2) is 17.6 Å². The number of hydrogen-bond donors (Lipinski definition) is 0. The molecule has 0 aromatic carbocycles. The fourth-order valence-electron chi connectivity index (χ4n) is 0.726. The fraction of sp³-hybridized carbons (Fsp3) is 1.00. The van der Waals surface area contributed by atoms with Gasteiger partial charge in [-0.15, -0.1) is 0 Å². The van der Waals surface area contributed by atoms with Gasteiger partial charge in [-0.3, -0.25) is 0 Å². The van der Waals surface area contributed by atoms with Crippen LogP contribution in [0.5, 0.6) is 0 Å². The molecule has 0 aromatic rings. The van der Waals surface area contributed by atoms with Crippen molar-refractivity contribution in [3.8, 4) is 0 Å². The van der Waals surface area contributed by atoms with E-state index in [0.717, 1.165) is 0 Å². The van der Waals surface area contributed by atoms with Gasteiger partial charge < -0.3 is 0 Å². The zero-order valence-electron chi connectivity index (χ0n) is 5.02. The van der Waals surface area contributed by atoms with Crippen molar-refractivity contribution >= 4 is 63.7 Å². The van der Waals surface area contributed by atoms with E-state index in [2.05, 4.69) is 63.7 Å². The van der Waals surface area contributed by atoms with Gasteiger partial charge in [0.2, 0.25) is 0 Å². The number of rotatable bonds is 0. The highest BCUT2D eigenvalue weighted by Gasteiger charge is 2.92. The van der Waals surface area contributed by atoms with Gasteiger partial charge >= 0.3 is 0 Å². The highest BCUT2D eigenvalue weighted by molar-refractivity contribution is 9.16. The van der Waals surface area contributed by atoms with E-state index in [-0.39, 0.29) is 0 Å². The molecule has 0 heterocycles. The van der Waals surface area contributed by atoms with Crippen LogP contribution in [-0.4, -0.2) is 18.3 Å². The molecule has 1 fully saturated rings. The molecule has 0 aliphatic heterocycles. The van der Waals surface area contributed by atoms with Crippen LogP contribution < -0.4 is 0 Å². The summed E-state index contributed by atoms with van der Waals surface area (Å²) < 4.78 is 39.6. The lowest BCUT2D eigenvalue weighted by atomic mass is 9.89. The standard InChI is InChI=1S/C4Br4F4/c5-1(9)2(6,10)4(8,12)3(1,7)11. The van der Waals surface area contributed by atoms with Crippen LogP contribution >= 0.6 is 63.7 Å². The molecule has 72 valence electrons. The van der Waals surface area contributed by atoms with Crippen LogP contribution in [0.15, 0.2) is 0 Å². The quantitative estimate of drug-likeness (QED) is 0.388. The predicted molar refractivity (Wildman–Crippen MR) is 51.1 cm³/mol. The van der Waals surface area contributed by atoms with Gasteiger partial charge in [-0.2, -0.15) is 0 Å². The molecule has 12 heavy (non-hydrogen) atoms. The van der Waals surface area contributed by atoms with E-state index < -0.39 is 18.3 Å². The first-order valence-electron chi connectivity index (χ1n) is 2.51. The summed E-state index contributed by atoms with van der Waals surface area (Å²) in [5.41, 5.74) is 0. The molecule has 0 aromatic heterocycles. The van der Waals surface area contributed by atoms with Gasteiger partial charge in [0.25, 0.3) is 18.3 Å². The second-order valence-corrected chi connectivity index (χ2v) is 6.67. The average Bonchev–Trinajstić information content (AvgIpc) is 1.84. The first kappa shape index (κ1) is 11.7. The Bertz CT molecular complexity index is 159. The van der Waals surface area contributed by atoms with Crippen molar-refractivity contribution in [1.29, 1.82) is 0 Å². The molecule has 0 saturated heterocycles. The van der Waals surface area contributed by atoms with Crippen molar-refractivity contribution in [2.75, 3.05) is 0 Å². The van der Waals surface area contributed by atoms with Gasteiger partial charge in [0, 0.05) is 0 Å². The highest BCUT2D eigenvalue weighted by atomic mass is 79.9. The maximum Gasteiger partial charge on any atom is 0.260 e. The molecular formula is C4Br4F4. The van der Waals surface area contributed by atoms with E-state index in [4.69, 9.17) is 0 Å². The third-order valence-corrected chi connectivity index (χ3v) is 8.08. The van der Waals surface area contributed by atoms with Crippen LogP contribution in [-0.2, 0) is 0 Å². The summed E-state index contributed by atoms with van der Waals surface area (Å²) >= 11 is 8.41. The van der Waals surface area contributed by atoms with Crippen molar-refractivity contribution in [3.05, 3.63) is 0 Å². The van der Waals surface area contributed by atoms with Gasteiger partial charge in [0.1, 0.15) is 0 Å². The molecule has 8 heteroatoms. The SMILES string of the molecule is FC1(Br)C(F)(Br)C(F)(Br)C1(F)Br. The minimum absolute atomic E-state index is 2.10. The molecule has 0 spiro atoms. The third-order valence-electron chi connectivity index (χ3n) is 1.58. The van der Waals surface area contributed by atoms with Gasteiger partial charge in [-0.1, -0.05) is 0 Å². The van der Waals surface area contributed by atoms with Crippen LogP contribution in [0.2, 0.25) is 0 Å². The summed E-state index contributed by atoms with van der Waals surface area (Å²) in [6.45, 7) is 0. The summed E-state index contributed by atoms with van der Waals surface area (Å²) in [6, 6.07) is 0. The van der Waals surface area contributed by atoms with Crippen LogP contribution in [0, 0.1) is 0 Å². The van der Waals surface area contributed by atoms with E-state index in [1.54, 1.807) is 0 Å². The van der Waals surface area contributed by atoms with Crippen molar-refractivity contribution in [2.24, 2.45) is 0 Å². The lowest BCUT2D eigenvalue weighted by Gasteiger charge is -2.56. The predicted octanol–water partition coefficient (Wildman–Crippen LogP) is 4.24. The molecule has 0 bridgehead atoms. The fourth-order valence-corrected chi connectivity index (χ4v) is 3.98. The maximum atomic E-state index is 13.1. The molecule has 0 unspecified atom stereocenters. The van der Waals surface area contributed by atoms with Crippen LogP contribution in [0.3, 0.4) is 0 Å². The highest BCUT2D eigenvalue weighted by Crippen LogP contribution is 2.76. The zero-order chi connectivity index (χ0) is 10.0. The van der Waals surface area contributed by atoms with Crippen molar-refractivity contribution < 1.29 is 17.6 Å². The van der Waals surface area contributed by atoms with Crippen molar-refractivity contribution in [2.45, 2.75) is 18.3 Å². The van der Waals surface area contributed by atoms with Crippen LogP contribution in [0.25, 0.3) is 0 Å². The Morgan fingerprint density at radius 3 is 0.667 bits per heavy atom. The average molecular weight is 444 g/mol. The Labute approximate surface area is 99.0 Å². The Hall–Kier alpha value is 1.64. The monoisotopic (exact) mass is 440 g/mol. The summed E-state index contributed by atoms with van der Waals surface area (Å²) in [5.74, 6) is 0.